The van der Waals surface area contributed by atoms with Crippen LogP contribution >= 0.6 is 0 Å². The number of urea groups is 1. The Morgan fingerprint density at radius 3 is 2.50 bits per heavy atom. The fourth-order valence-electron chi connectivity index (χ4n) is 3.05. The van der Waals surface area contributed by atoms with Crippen LogP contribution in [0.3, 0.4) is 0 Å². The third-order valence-corrected chi connectivity index (χ3v) is 4.65. The van der Waals surface area contributed by atoms with Crippen molar-refractivity contribution in [2.24, 2.45) is 5.92 Å². The zero-order valence-corrected chi connectivity index (χ0v) is 13.7. The van der Waals surface area contributed by atoms with Crippen LogP contribution in [-0.4, -0.2) is 41.3 Å². The van der Waals surface area contributed by atoms with Gasteiger partial charge in [-0.3, -0.25) is 0 Å². The minimum absolute atomic E-state index is 0.0341. The summed E-state index contributed by atoms with van der Waals surface area (Å²) in [6.45, 7) is 5.42. The molecule has 4 nitrogen and oxygen atoms in total. The highest BCUT2D eigenvalue weighted by molar-refractivity contribution is 5.74. The number of aliphatic hydroxyl groups excluding tert-OH is 1. The molecule has 1 heterocycles. The van der Waals surface area contributed by atoms with Gasteiger partial charge in [-0.15, -0.1) is 0 Å². The van der Waals surface area contributed by atoms with Crippen molar-refractivity contribution < 1.29 is 9.90 Å². The van der Waals surface area contributed by atoms with Gasteiger partial charge in [0.2, 0.25) is 0 Å². The molecule has 0 spiro atoms. The maximum atomic E-state index is 12.4. The number of hydrogen-bond donors (Lipinski definition) is 2. The van der Waals surface area contributed by atoms with Crippen molar-refractivity contribution in [1.29, 1.82) is 0 Å². The number of likely N-dealkylation sites (tertiary alicyclic amines) is 1. The molecule has 2 unspecified atom stereocenters. The zero-order chi connectivity index (χ0) is 15.9. The van der Waals surface area contributed by atoms with Crippen molar-refractivity contribution in [1.82, 2.24) is 10.2 Å². The lowest BCUT2D eigenvalue weighted by molar-refractivity contribution is 0.0793. The molecule has 0 aromatic heterocycles. The quantitative estimate of drug-likeness (QED) is 0.879. The Morgan fingerprint density at radius 2 is 1.95 bits per heavy atom. The van der Waals surface area contributed by atoms with E-state index < -0.39 is 0 Å². The average molecular weight is 304 g/mol. The molecule has 2 atom stereocenters. The molecule has 2 N–H and O–H groups in total. The molecule has 4 heteroatoms. The standard InChI is InChI=1S/C18H28N2O2/c1-3-17(13-15-7-5-4-6-8-15)19-18(22)20-11-9-16(10-12-20)14(2)21/h4-8,14,16-17,21H,3,9-13H2,1-2H3,(H,19,22). The van der Waals surface area contributed by atoms with E-state index in [1.807, 2.05) is 30.0 Å². The number of benzene rings is 1. The van der Waals surface area contributed by atoms with Gasteiger partial charge in [-0.1, -0.05) is 37.3 Å². The molecular formula is C18H28N2O2. The predicted molar refractivity (Wildman–Crippen MR) is 88.7 cm³/mol. The summed E-state index contributed by atoms with van der Waals surface area (Å²) in [4.78, 5) is 14.3. The molecule has 1 fully saturated rings. The number of aliphatic hydroxyl groups is 1. The molecule has 2 amide bonds. The molecule has 2 rings (SSSR count). The molecule has 22 heavy (non-hydrogen) atoms. The first kappa shape index (κ1) is 16.8. The van der Waals surface area contributed by atoms with E-state index in [-0.39, 0.29) is 18.2 Å². The van der Waals surface area contributed by atoms with E-state index in [0.717, 1.165) is 38.8 Å². The van der Waals surface area contributed by atoms with E-state index in [9.17, 15) is 9.90 Å². The minimum atomic E-state index is -0.272. The van der Waals surface area contributed by atoms with Gasteiger partial charge < -0.3 is 15.3 Å². The SMILES string of the molecule is CCC(Cc1ccccc1)NC(=O)N1CCC(C(C)O)CC1. The molecule has 0 radical (unpaired) electrons. The van der Waals surface area contributed by atoms with Gasteiger partial charge in [-0.05, 0) is 44.1 Å². The Kier molecular flexibility index (Phi) is 6.25. The van der Waals surface area contributed by atoms with Crippen LogP contribution in [0.5, 0.6) is 0 Å². The van der Waals surface area contributed by atoms with Gasteiger partial charge >= 0.3 is 6.03 Å². The molecule has 0 saturated carbocycles. The van der Waals surface area contributed by atoms with Crippen LogP contribution in [0.4, 0.5) is 4.79 Å². The molecule has 0 bridgehead atoms. The van der Waals surface area contributed by atoms with E-state index in [4.69, 9.17) is 0 Å². The van der Waals surface area contributed by atoms with E-state index in [1.54, 1.807) is 0 Å². The number of amides is 2. The molecule has 122 valence electrons. The van der Waals surface area contributed by atoms with Gasteiger partial charge in [0.25, 0.3) is 0 Å². The second-order valence-electron chi connectivity index (χ2n) is 6.31. The fourth-order valence-corrected chi connectivity index (χ4v) is 3.05. The highest BCUT2D eigenvalue weighted by atomic mass is 16.3. The van der Waals surface area contributed by atoms with E-state index >= 15 is 0 Å². The highest BCUT2D eigenvalue weighted by Crippen LogP contribution is 2.20. The van der Waals surface area contributed by atoms with Crippen LogP contribution in [0.15, 0.2) is 30.3 Å². The minimum Gasteiger partial charge on any atom is -0.393 e. The first-order valence-corrected chi connectivity index (χ1v) is 8.37. The van der Waals surface area contributed by atoms with Crippen LogP contribution in [0.1, 0.15) is 38.7 Å². The molecule has 1 aromatic rings. The number of piperidine rings is 1. The zero-order valence-electron chi connectivity index (χ0n) is 13.7. The third-order valence-electron chi connectivity index (χ3n) is 4.65. The Morgan fingerprint density at radius 1 is 1.32 bits per heavy atom. The lowest BCUT2D eigenvalue weighted by Gasteiger charge is -2.34. The summed E-state index contributed by atoms with van der Waals surface area (Å²) in [6, 6.07) is 10.5. The first-order chi connectivity index (χ1) is 10.6. The number of carbonyl (C=O) groups is 1. The maximum Gasteiger partial charge on any atom is 0.317 e. The molecule has 1 aromatic carbocycles. The smallest absolute Gasteiger partial charge is 0.317 e. The Labute approximate surface area is 133 Å². The van der Waals surface area contributed by atoms with Crippen molar-refractivity contribution in [2.75, 3.05) is 13.1 Å². The van der Waals surface area contributed by atoms with Crippen molar-refractivity contribution in [3.63, 3.8) is 0 Å². The number of carbonyl (C=O) groups excluding carboxylic acids is 1. The summed E-state index contributed by atoms with van der Waals surface area (Å²) in [5.74, 6) is 0.329. The molecular weight excluding hydrogens is 276 g/mol. The predicted octanol–water partition coefficient (Wildman–Crippen LogP) is 2.81. The topological polar surface area (TPSA) is 52.6 Å². The largest absolute Gasteiger partial charge is 0.393 e. The van der Waals surface area contributed by atoms with Crippen LogP contribution in [0, 0.1) is 5.92 Å². The Balaban J connectivity index is 1.82. The average Bonchev–Trinajstić information content (AvgIpc) is 2.55. The summed E-state index contributed by atoms with van der Waals surface area (Å²) in [6.07, 6.45) is 3.30. The van der Waals surface area contributed by atoms with Crippen LogP contribution in [0.2, 0.25) is 0 Å². The van der Waals surface area contributed by atoms with Crippen LogP contribution < -0.4 is 5.32 Å². The van der Waals surface area contributed by atoms with Crippen LogP contribution in [-0.2, 0) is 6.42 Å². The summed E-state index contributed by atoms with van der Waals surface area (Å²) >= 11 is 0. The van der Waals surface area contributed by atoms with Crippen molar-refractivity contribution >= 4 is 6.03 Å². The van der Waals surface area contributed by atoms with E-state index in [2.05, 4.69) is 24.4 Å². The number of nitrogens with one attached hydrogen (secondary N) is 1. The summed E-state index contributed by atoms with van der Waals surface area (Å²) in [7, 11) is 0. The Hall–Kier alpha value is -1.55. The Bertz CT molecular complexity index is 453. The fraction of sp³-hybridized carbons (Fsp3) is 0.611. The van der Waals surface area contributed by atoms with E-state index in [0.29, 0.717) is 5.92 Å². The number of nitrogens with zero attached hydrogens (tertiary/aromatic N) is 1. The number of rotatable bonds is 5. The monoisotopic (exact) mass is 304 g/mol. The van der Waals surface area contributed by atoms with Gasteiger partial charge in [-0.2, -0.15) is 0 Å². The normalized spacial score (nSPS) is 18.8. The van der Waals surface area contributed by atoms with Crippen molar-refractivity contribution in [2.45, 2.75) is 51.7 Å². The second-order valence-corrected chi connectivity index (χ2v) is 6.31. The van der Waals surface area contributed by atoms with Crippen molar-refractivity contribution in [3.8, 4) is 0 Å². The van der Waals surface area contributed by atoms with Gasteiger partial charge in [-0.25, -0.2) is 4.79 Å². The van der Waals surface area contributed by atoms with Gasteiger partial charge in [0.1, 0.15) is 0 Å². The van der Waals surface area contributed by atoms with Gasteiger partial charge in [0, 0.05) is 19.1 Å². The maximum absolute atomic E-state index is 12.4. The summed E-state index contributed by atoms with van der Waals surface area (Å²) in [5, 5.41) is 12.8. The number of hydrogen-bond acceptors (Lipinski definition) is 2. The first-order valence-electron chi connectivity index (χ1n) is 8.37. The summed E-state index contributed by atoms with van der Waals surface area (Å²) < 4.78 is 0. The third kappa shape index (κ3) is 4.73. The van der Waals surface area contributed by atoms with E-state index in [1.165, 1.54) is 5.56 Å². The molecule has 0 aliphatic carbocycles. The lowest BCUT2D eigenvalue weighted by Crippen LogP contribution is -2.49. The van der Waals surface area contributed by atoms with Gasteiger partial charge in [0.05, 0.1) is 6.10 Å². The van der Waals surface area contributed by atoms with Crippen LogP contribution in [0.25, 0.3) is 0 Å². The summed E-state index contributed by atoms with van der Waals surface area (Å²) in [5.41, 5.74) is 1.25. The molecule has 1 aliphatic rings. The highest BCUT2D eigenvalue weighted by Gasteiger charge is 2.26. The molecule has 1 saturated heterocycles. The van der Waals surface area contributed by atoms with Crippen molar-refractivity contribution in [3.05, 3.63) is 35.9 Å². The lowest BCUT2D eigenvalue weighted by atomic mass is 9.92. The second kappa shape index (κ2) is 8.18. The van der Waals surface area contributed by atoms with Gasteiger partial charge in [0.15, 0.2) is 0 Å². The molecule has 1 aliphatic heterocycles.